The maximum absolute atomic E-state index is 11.9. The van der Waals surface area contributed by atoms with Gasteiger partial charge in [0.25, 0.3) is 5.91 Å². The van der Waals surface area contributed by atoms with E-state index < -0.39 is 0 Å². The van der Waals surface area contributed by atoms with Crippen molar-refractivity contribution >= 4 is 22.7 Å². The summed E-state index contributed by atoms with van der Waals surface area (Å²) in [6, 6.07) is 0.260. The summed E-state index contributed by atoms with van der Waals surface area (Å²) < 4.78 is 0. The van der Waals surface area contributed by atoms with E-state index in [0.29, 0.717) is 5.92 Å². The van der Waals surface area contributed by atoms with Gasteiger partial charge in [0.05, 0.1) is 5.57 Å². The van der Waals surface area contributed by atoms with Gasteiger partial charge in [-0.1, -0.05) is 18.2 Å². The van der Waals surface area contributed by atoms with Crippen molar-refractivity contribution in [2.24, 2.45) is 10.9 Å². The van der Waals surface area contributed by atoms with Crippen molar-refractivity contribution in [3.8, 4) is 0 Å². The number of hydrogen-bond acceptors (Lipinski definition) is 2. The largest absolute Gasteiger partial charge is 0.339 e. The van der Waals surface area contributed by atoms with E-state index in [-0.39, 0.29) is 22.7 Å². The van der Waals surface area contributed by atoms with E-state index in [1.165, 1.54) is 12.8 Å². The molecule has 1 aliphatic carbocycles. The Morgan fingerprint density at radius 3 is 2.53 bits per heavy atom. The molecule has 0 spiro atoms. The number of hydrogen-bond donors (Lipinski definition) is 0. The first-order valence-corrected chi connectivity index (χ1v) is 5.45. The van der Waals surface area contributed by atoms with E-state index in [1.807, 2.05) is 0 Å². The van der Waals surface area contributed by atoms with Gasteiger partial charge in [-0.25, -0.2) is 0 Å². The van der Waals surface area contributed by atoms with E-state index in [2.05, 4.69) is 18.5 Å². The number of carbonyl (C=O) groups is 1. The molecule has 0 aromatic carbocycles. The van der Waals surface area contributed by atoms with Crippen LogP contribution in [0.3, 0.4) is 0 Å². The minimum absolute atomic E-state index is 0.134. The molecule has 0 unspecified atom stereocenters. The van der Waals surface area contributed by atoms with Gasteiger partial charge >= 0.3 is 0 Å². The second kappa shape index (κ2) is 4.79. The quantitative estimate of drug-likeness (QED) is 0.536. The van der Waals surface area contributed by atoms with Crippen molar-refractivity contribution in [1.29, 1.82) is 0 Å². The molecule has 0 bridgehead atoms. The minimum atomic E-state index is -0.134. The molecular formula is C11H17ClN2O. The number of rotatable bonds is 4. The van der Waals surface area contributed by atoms with Gasteiger partial charge < -0.3 is 4.90 Å². The van der Waals surface area contributed by atoms with E-state index in [0.717, 1.165) is 0 Å². The average Bonchev–Trinajstić information content (AvgIpc) is 3.07. The minimum Gasteiger partial charge on any atom is -0.339 e. The summed E-state index contributed by atoms with van der Waals surface area (Å²) in [4.78, 5) is 17.3. The Balaban J connectivity index is 2.62. The van der Waals surface area contributed by atoms with E-state index in [9.17, 15) is 4.79 Å². The Kier molecular flexibility index (Phi) is 3.91. The van der Waals surface area contributed by atoms with Gasteiger partial charge in [-0.2, -0.15) is 0 Å². The molecule has 1 fully saturated rings. The lowest BCUT2D eigenvalue weighted by Gasteiger charge is -2.25. The van der Waals surface area contributed by atoms with E-state index >= 15 is 0 Å². The van der Waals surface area contributed by atoms with Crippen molar-refractivity contribution in [1.82, 2.24) is 4.90 Å². The van der Waals surface area contributed by atoms with Crippen LogP contribution in [0.5, 0.6) is 0 Å². The Bertz CT molecular complexity index is 308. The fraction of sp³-hybridized carbons (Fsp3) is 0.636. The summed E-state index contributed by atoms with van der Waals surface area (Å²) >= 11 is 5.76. The van der Waals surface area contributed by atoms with Gasteiger partial charge in [0.1, 0.15) is 5.17 Å². The molecule has 0 aromatic heterocycles. The Hall–Kier alpha value is -0.830. The van der Waals surface area contributed by atoms with Crippen molar-refractivity contribution in [2.45, 2.75) is 25.8 Å². The first-order valence-electron chi connectivity index (χ1n) is 5.07. The molecule has 0 aromatic rings. The summed E-state index contributed by atoms with van der Waals surface area (Å²) in [6.07, 6.45) is 2.42. The van der Waals surface area contributed by atoms with Gasteiger partial charge in [0.2, 0.25) is 0 Å². The zero-order valence-corrected chi connectivity index (χ0v) is 10.2. The third kappa shape index (κ3) is 2.81. The number of halogens is 1. The number of aliphatic imine (C=N–C) groups is 1. The molecule has 1 amide bonds. The van der Waals surface area contributed by atoms with Crippen LogP contribution in [-0.4, -0.2) is 36.1 Å². The van der Waals surface area contributed by atoms with E-state index in [1.54, 1.807) is 19.0 Å². The lowest BCUT2D eigenvalue weighted by molar-refractivity contribution is -0.127. The number of likely N-dealkylation sites (N-methyl/N-ethyl adjacent to an activating group) is 1. The standard InChI is InChI=1S/C11H17ClN2O/c1-7(10(12)13-3)11(15)14(4)8(2)9-5-6-9/h8-9H,1,5-6H2,2-4H3/t8-/m0/s1. The fourth-order valence-corrected chi connectivity index (χ4v) is 1.60. The Labute approximate surface area is 95.8 Å². The molecule has 3 nitrogen and oxygen atoms in total. The summed E-state index contributed by atoms with van der Waals surface area (Å²) in [5, 5.41) is 0.190. The zero-order chi connectivity index (χ0) is 11.6. The highest BCUT2D eigenvalue weighted by Gasteiger charge is 2.33. The van der Waals surface area contributed by atoms with Crippen LogP contribution in [0.4, 0.5) is 0 Å². The Morgan fingerprint density at radius 2 is 2.13 bits per heavy atom. The molecular weight excluding hydrogens is 212 g/mol. The monoisotopic (exact) mass is 228 g/mol. The molecule has 0 N–H and O–H groups in total. The third-order valence-electron chi connectivity index (χ3n) is 2.94. The topological polar surface area (TPSA) is 32.7 Å². The first-order chi connectivity index (χ1) is 6.99. The molecule has 1 aliphatic rings. The molecule has 1 saturated carbocycles. The zero-order valence-electron chi connectivity index (χ0n) is 9.46. The first kappa shape index (κ1) is 12.2. The molecule has 1 rings (SSSR count). The van der Waals surface area contributed by atoms with Gasteiger partial charge in [-0.15, -0.1) is 0 Å². The number of nitrogens with zero attached hydrogens (tertiary/aromatic N) is 2. The summed E-state index contributed by atoms with van der Waals surface area (Å²) in [5.41, 5.74) is 0.272. The second-order valence-electron chi connectivity index (χ2n) is 3.99. The van der Waals surface area contributed by atoms with Crippen LogP contribution in [0.15, 0.2) is 17.1 Å². The summed E-state index contributed by atoms with van der Waals surface area (Å²) in [6.45, 7) is 5.71. The highest BCUT2D eigenvalue weighted by atomic mass is 35.5. The molecule has 84 valence electrons. The maximum Gasteiger partial charge on any atom is 0.256 e. The molecule has 0 radical (unpaired) electrons. The fourth-order valence-electron chi connectivity index (χ4n) is 1.52. The second-order valence-corrected chi connectivity index (χ2v) is 4.35. The lowest BCUT2D eigenvalue weighted by Crippen LogP contribution is -2.38. The maximum atomic E-state index is 11.9. The van der Waals surface area contributed by atoms with Gasteiger partial charge in [0, 0.05) is 20.1 Å². The normalized spacial score (nSPS) is 18.5. The Morgan fingerprint density at radius 1 is 1.60 bits per heavy atom. The number of carbonyl (C=O) groups excluding carboxylic acids is 1. The van der Waals surface area contributed by atoms with Crippen LogP contribution < -0.4 is 0 Å². The highest BCUT2D eigenvalue weighted by molar-refractivity contribution is 6.72. The van der Waals surface area contributed by atoms with Gasteiger partial charge in [0.15, 0.2) is 0 Å². The van der Waals surface area contributed by atoms with Crippen molar-refractivity contribution in [2.75, 3.05) is 14.1 Å². The molecule has 0 aliphatic heterocycles. The number of amides is 1. The van der Waals surface area contributed by atoms with Crippen LogP contribution >= 0.6 is 11.6 Å². The van der Waals surface area contributed by atoms with Crippen LogP contribution in [0.2, 0.25) is 0 Å². The van der Waals surface area contributed by atoms with Crippen LogP contribution in [-0.2, 0) is 4.79 Å². The van der Waals surface area contributed by atoms with Crippen molar-refractivity contribution < 1.29 is 4.79 Å². The summed E-state index contributed by atoms with van der Waals surface area (Å²) in [5.74, 6) is 0.508. The molecule has 0 saturated heterocycles. The SMILES string of the molecule is C=C(C(=O)N(C)[C@@H](C)C1CC1)C(Cl)=NC. The molecule has 1 atom stereocenters. The van der Waals surface area contributed by atoms with E-state index in [4.69, 9.17) is 11.6 Å². The molecule has 15 heavy (non-hydrogen) atoms. The highest BCUT2D eigenvalue weighted by Crippen LogP contribution is 2.35. The molecule has 0 heterocycles. The van der Waals surface area contributed by atoms with Gasteiger partial charge in [-0.3, -0.25) is 9.79 Å². The third-order valence-corrected chi connectivity index (χ3v) is 3.34. The van der Waals surface area contributed by atoms with Crippen molar-refractivity contribution in [3.63, 3.8) is 0 Å². The predicted molar refractivity (Wildman–Crippen MR) is 63.3 cm³/mol. The lowest BCUT2D eigenvalue weighted by atomic mass is 10.1. The van der Waals surface area contributed by atoms with Crippen LogP contribution in [0, 0.1) is 5.92 Å². The summed E-state index contributed by atoms with van der Waals surface area (Å²) in [7, 11) is 3.33. The smallest absolute Gasteiger partial charge is 0.256 e. The van der Waals surface area contributed by atoms with Crippen LogP contribution in [0.25, 0.3) is 0 Å². The predicted octanol–water partition coefficient (Wildman–Crippen LogP) is 2.07. The molecule has 4 heteroatoms. The average molecular weight is 229 g/mol. The van der Waals surface area contributed by atoms with Crippen molar-refractivity contribution in [3.05, 3.63) is 12.2 Å². The van der Waals surface area contributed by atoms with Crippen LogP contribution in [0.1, 0.15) is 19.8 Å². The van der Waals surface area contributed by atoms with Gasteiger partial charge in [-0.05, 0) is 25.7 Å².